The molecule has 0 bridgehead atoms. The molecule has 0 saturated carbocycles. The van der Waals surface area contributed by atoms with Gasteiger partial charge in [0.2, 0.25) is 0 Å². The van der Waals surface area contributed by atoms with Gasteiger partial charge in [-0.1, -0.05) is 6.92 Å². The molecule has 124 valence electrons. The zero-order chi connectivity index (χ0) is 15.1. The molecule has 0 amide bonds. The minimum Gasteiger partial charge on any atom is -0.317 e. The number of nitrogens with zero attached hydrogens (tertiary/aromatic N) is 1. The average molecular weight is 336 g/mol. The Labute approximate surface area is 133 Å². The molecular weight excluding hydrogens is 306 g/mol. The Kier molecular flexibility index (Phi) is 7.28. The quantitative estimate of drug-likeness (QED) is 0.736. The van der Waals surface area contributed by atoms with Crippen LogP contribution in [0.5, 0.6) is 0 Å². The Hall–Kier alpha value is 0.180. The standard InChI is InChI=1S/C14H29N3O2S2/c1-2-15-11-13-3-7-17(8-4-13)21(18,19)16-12-14-5-9-20-10-6-14/h13-16H,2-12H2,1H3. The molecule has 2 fully saturated rings. The lowest BCUT2D eigenvalue weighted by atomic mass is 9.98. The van der Waals surface area contributed by atoms with E-state index in [4.69, 9.17) is 0 Å². The maximum Gasteiger partial charge on any atom is 0.279 e. The molecule has 2 aliphatic rings. The van der Waals surface area contributed by atoms with E-state index in [1.54, 1.807) is 4.31 Å². The maximum absolute atomic E-state index is 12.3. The highest BCUT2D eigenvalue weighted by atomic mass is 32.2. The minimum absolute atomic E-state index is 0.521. The van der Waals surface area contributed by atoms with Crippen LogP contribution in [0.3, 0.4) is 0 Å². The molecule has 0 radical (unpaired) electrons. The van der Waals surface area contributed by atoms with Gasteiger partial charge in [-0.2, -0.15) is 24.5 Å². The number of piperidine rings is 1. The van der Waals surface area contributed by atoms with Gasteiger partial charge < -0.3 is 5.32 Å². The minimum atomic E-state index is -3.27. The van der Waals surface area contributed by atoms with Crippen LogP contribution in [0.4, 0.5) is 0 Å². The van der Waals surface area contributed by atoms with Crippen LogP contribution < -0.4 is 10.0 Å². The van der Waals surface area contributed by atoms with Crippen molar-refractivity contribution < 1.29 is 8.42 Å². The molecule has 2 saturated heterocycles. The van der Waals surface area contributed by atoms with Gasteiger partial charge in [0.1, 0.15) is 0 Å². The highest BCUT2D eigenvalue weighted by Gasteiger charge is 2.28. The second kappa shape index (κ2) is 8.72. The molecule has 7 heteroatoms. The van der Waals surface area contributed by atoms with Gasteiger partial charge in [0.05, 0.1) is 0 Å². The van der Waals surface area contributed by atoms with E-state index in [1.807, 2.05) is 11.8 Å². The predicted octanol–water partition coefficient (Wildman–Crippen LogP) is 1.29. The summed E-state index contributed by atoms with van der Waals surface area (Å²) in [5, 5.41) is 3.35. The van der Waals surface area contributed by atoms with Crippen molar-refractivity contribution in [3.05, 3.63) is 0 Å². The molecule has 2 aliphatic heterocycles. The summed E-state index contributed by atoms with van der Waals surface area (Å²) in [6, 6.07) is 0. The number of nitrogens with one attached hydrogen (secondary N) is 2. The van der Waals surface area contributed by atoms with E-state index in [1.165, 1.54) is 11.5 Å². The molecule has 0 aliphatic carbocycles. The molecular formula is C14H29N3O2S2. The smallest absolute Gasteiger partial charge is 0.279 e. The predicted molar refractivity (Wildman–Crippen MR) is 89.8 cm³/mol. The van der Waals surface area contributed by atoms with Crippen LogP contribution in [0.15, 0.2) is 0 Å². The summed E-state index contributed by atoms with van der Waals surface area (Å²) in [4.78, 5) is 0. The van der Waals surface area contributed by atoms with Crippen LogP contribution in [0, 0.1) is 11.8 Å². The first-order chi connectivity index (χ1) is 10.1. The van der Waals surface area contributed by atoms with Crippen molar-refractivity contribution in [2.45, 2.75) is 32.6 Å². The highest BCUT2D eigenvalue weighted by Crippen LogP contribution is 2.23. The SMILES string of the molecule is CCNCC1CCN(S(=O)(=O)NCC2CCSCC2)CC1. The van der Waals surface area contributed by atoms with Gasteiger partial charge in [0.15, 0.2) is 0 Å². The lowest BCUT2D eigenvalue weighted by molar-refractivity contribution is 0.265. The first-order valence-corrected chi connectivity index (χ1v) is 10.7. The molecule has 0 aromatic carbocycles. The zero-order valence-corrected chi connectivity index (χ0v) is 14.6. The van der Waals surface area contributed by atoms with Crippen LogP contribution in [-0.2, 0) is 10.2 Å². The normalized spacial score (nSPS) is 23.5. The monoisotopic (exact) mass is 335 g/mol. The van der Waals surface area contributed by atoms with Gasteiger partial charge in [0.25, 0.3) is 10.2 Å². The van der Waals surface area contributed by atoms with E-state index < -0.39 is 10.2 Å². The van der Waals surface area contributed by atoms with Crippen LogP contribution in [-0.4, -0.2) is 57.0 Å². The molecule has 2 rings (SSSR count). The van der Waals surface area contributed by atoms with E-state index in [9.17, 15) is 8.42 Å². The van der Waals surface area contributed by atoms with Crippen molar-refractivity contribution in [2.75, 3.05) is 44.2 Å². The van der Waals surface area contributed by atoms with E-state index in [2.05, 4.69) is 17.0 Å². The highest BCUT2D eigenvalue weighted by molar-refractivity contribution is 7.99. The fraction of sp³-hybridized carbons (Fsp3) is 1.00. The summed E-state index contributed by atoms with van der Waals surface area (Å²) >= 11 is 1.97. The molecule has 0 spiro atoms. The molecule has 2 N–H and O–H groups in total. The second-order valence-electron chi connectivity index (χ2n) is 6.06. The van der Waals surface area contributed by atoms with Crippen molar-refractivity contribution in [3.63, 3.8) is 0 Å². The Bertz CT molecular complexity index is 389. The van der Waals surface area contributed by atoms with E-state index in [0.29, 0.717) is 31.5 Å². The summed E-state index contributed by atoms with van der Waals surface area (Å²) in [5.41, 5.74) is 0. The third kappa shape index (κ3) is 5.71. The number of hydrogen-bond donors (Lipinski definition) is 2. The molecule has 0 atom stereocenters. The maximum atomic E-state index is 12.3. The number of rotatable bonds is 7. The Morgan fingerprint density at radius 2 is 1.67 bits per heavy atom. The molecule has 0 unspecified atom stereocenters. The number of thioether (sulfide) groups is 1. The third-order valence-corrected chi connectivity index (χ3v) is 7.12. The first-order valence-electron chi connectivity index (χ1n) is 8.15. The van der Waals surface area contributed by atoms with Gasteiger partial charge in [0, 0.05) is 19.6 Å². The van der Waals surface area contributed by atoms with Gasteiger partial charge >= 0.3 is 0 Å². The average Bonchev–Trinajstić information content (AvgIpc) is 2.52. The summed E-state index contributed by atoms with van der Waals surface area (Å²) in [7, 11) is -3.27. The van der Waals surface area contributed by atoms with Crippen LogP contribution in [0.25, 0.3) is 0 Å². The van der Waals surface area contributed by atoms with Crippen LogP contribution in [0.1, 0.15) is 32.6 Å². The molecule has 2 heterocycles. The Morgan fingerprint density at radius 1 is 1.05 bits per heavy atom. The van der Waals surface area contributed by atoms with Crippen LogP contribution >= 0.6 is 11.8 Å². The zero-order valence-electron chi connectivity index (χ0n) is 13.0. The summed E-state index contributed by atoms with van der Waals surface area (Å²) < 4.78 is 29.1. The summed E-state index contributed by atoms with van der Waals surface area (Å²) in [6.07, 6.45) is 4.21. The van der Waals surface area contributed by atoms with Crippen molar-refractivity contribution in [3.8, 4) is 0 Å². The van der Waals surface area contributed by atoms with Gasteiger partial charge in [-0.3, -0.25) is 0 Å². The van der Waals surface area contributed by atoms with Gasteiger partial charge in [-0.05, 0) is 62.1 Å². The summed E-state index contributed by atoms with van der Waals surface area (Å²) in [6.45, 7) is 6.03. The largest absolute Gasteiger partial charge is 0.317 e. The first kappa shape index (κ1) is 17.5. The molecule has 5 nitrogen and oxygen atoms in total. The second-order valence-corrected chi connectivity index (χ2v) is 9.04. The summed E-state index contributed by atoms with van der Waals surface area (Å²) in [5.74, 6) is 3.48. The third-order valence-electron chi connectivity index (χ3n) is 4.49. The fourth-order valence-corrected chi connectivity index (χ4v) is 5.49. The van der Waals surface area contributed by atoms with E-state index >= 15 is 0 Å². The van der Waals surface area contributed by atoms with Crippen LogP contribution in [0.2, 0.25) is 0 Å². The van der Waals surface area contributed by atoms with Gasteiger partial charge in [-0.15, -0.1) is 0 Å². The van der Waals surface area contributed by atoms with Crippen molar-refractivity contribution in [2.24, 2.45) is 11.8 Å². The number of hydrogen-bond acceptors (Lipinski definition) is 4. The lowest BCUT2D eigenvalue weighted by Crippen LogP contribution is -2.47. The molecule has 0 aromatic rings. The molecule has 0 aromatic heterocycles. The van der Waals surface area contributed by atoms with E-state index in [-0.39, 0.29) is 0 Å². The van der Waals surface area contributed by atoms with Crippen molar-refractivity contribution in [1.82, 2.24) is 14.3 Å². The van der Waals surface area contributed by atoms with E-state index in [0.717, 1.165) is 38.8 Å². The van der Waals surface area contributed by atoms with Crippen molar-refractivity contribution >= 4 is 22.0 Å². The molecule has 21 heavy (non-hydrogen) atoms. The lowest BCUT2D eigenvalue weighted by Gasteiger charge is -2.32. The Balaban J connectivity index is 1.72. The fourth-order valence-electron chi connectivity index (χ4n) is 2.97. The van der Waals surface area contributed by atoms with Crippen molar-refractivity contribution in [1.29, 1.82) is 0 Å². The van der Waals surface area contributed by atoms with Gasteiger partial charge in [-0.25, -0.2) is 4.72 Å². The Morgan fingerprint density at radius 3 is 2.29 bits per heavy atom. The topological polar surface area (TPSA) is 61.4 Å².